The molecule has 0 aliphatic carbocycles. The third-order valence-corrected chi connectivity index (χ3v) is 8.08. The quantitative estimate of drug-likeness (QED) is 0.0969. The molecule has 0 aliphatic rings. The summed E-state index contributed by atoms with van der Waals surface area (Å²) in [6, 6.07) is 9.53. The van der Waals surface area contributed by atoms with E-state index < -0.39 is 102 Å². The molecule has 0 unspecified atom stereocenters. The summed E-state index contributed by atoms with van der Waals surface area (Å²) in [5.41, 5.74) is 6.41. The number of primary amides is 1. The summed E-state index contributed by atoms with van der Waals surface area (Å²) in [4.78, 5) is 104. The molecule has 0 spiro atoms. The summed E-state index contributed by atoms with van der Waals surface area (Å²) in [6.45, 7) is 10.0. The molecular formula is C37H51N7O10. The second-order valence-electron chi connectivity index (χ2n) is 13.8. The molecule has 0 bridgehead atoms. The molecular weight excluding hydrogens is 702 g/mol. The van der Waals surface area contributed by atoms with Crippen molar-refractivity contribution in [3.05, 3.63) is 60.7 Å². The highest BCUT2D eigenvalue weighted by Gasteiger charge is 2.36. The maximum atomic E-state index is 13.8. The normalized spacial score (nSPS) is 13.8. The Morgan fingerprint density at radius 3 is 1.39 bits per heavy atom. The molecule has 0 heterocycles. The zero-order chi connectivity index (χ0) is 40.7. The molecule has 2 rings (SSSR count). The highest BCUT2D eigenvalue weighted by molar-refractivity contribution is 6.02. The van der Waals surface area contributed by atoms with Crippen LogP contribution in [-0.2, 0) is 33.6 Å². The highest BCUT2D eigenvalue weighted by Crippen LogP contribution is 2.25. The van der Waals surface area contributed by atoms with Crippen molar-refractivity contribution in [2.75, 3.05) is 4.90 Å². The Balaban J connectivity index is 2.30. The fourth-order valence-corrected chi connectivity index (χ4v) is 5.34. The van der Waals surface area contributed by atoms with Crippen LogP contribution in [0.3, 0.4) is 0 Å². The number of carbonyl (C=O) groups excluding carboxylic acids is 6. The molecule has 0 fully saturated rings. The Labute approximate surface area is 313 Å². The number of rotatable bonds is 20. The number of amides is 7. The first-order valence-corrected chi connectivity index (χ1v) is 17.5. The van der Waals surface area contributed by atoms with Crippen LogP contribution in [0, 0.1) is 17.8 Å². The van der Waals surface area contributed by atoms with E-state index >= 15 is 0 Å². The molecule has 17 nitrogen and oxygen atoms in total. The first-order chi connectivity index (χ1) is 25.3. The van der Waals surface area contributed by atoms with Gasteiger partial charge in [0.2, 0.25) is 29.5 Å². The lowest BCUT2D eigenvalue weighted by Crippen LogP contribution is -2.61. The molecule has 0 aliphatic heterocycles. The number of hydrogen-bond acceptors (Lipinski definition) is 8. The summed E-state index contributed by atoms with van der Waals surface area (Å²) >= 11 is 0. The fraction of sp³-hybridized carbons (Fsp3) is 0.459. The van der Waals surface area contributed by atoms with Gasteiger partial charge in [0.05, 0.1) is 24.2 Å². The third kappa shape index (κ3) is 13.9. The predicted molar refractivity (Wildman–Crippen MR) is 198 cm³/mol. The number of nitrogens with zero attached hydrogens (tertiary/aromatic N) is 1. The van der Waals surface area contributed by atoms with Crippen molar-refractivity contribution in [3.8, 4) is 0 Å². The second-order valence-corrected chi connectivity index (χ2v) is 13.8. The SMILES string of the molecule is CC(C)C[C@H](NC(=O)[C@H](CC(=O)O)NC(=O)[C@H](CC(N)=O)NC(=O)[C@@H](NC(=O)[C@@H](NC(=O)N(c1ccccc1)c1ccccc1)C(C)C)C(C)C)C(=O)O. The van der Waals surface area contributed by atoms with Crippen molar-refractivity contribution in [2.24, 2.45) is 23.5 Å². The second kappa shape index (κ2) is 20.9. The monoisotopic (exact) mass is 753 g/mol. The van der Waals surface area contributed by atoms with Gasteiger partial charge in [-0.05, 0) is 48.4 Å². The van der Waals surface area contributed by atoms with E-state index in [0.717, 1.165) is 0 Å². The van der Waals surface area contributed by atoms with Crippen LogP contribution in [-0.4, -0.2) is 87.9 Å². The Kier molecular flexibility index (Phi) is 17.1. The molecule has 54 heavy (non-hydrogen) atoms. The van der Waals surface area contributed by atoms with Crippen molar-refractivity contribution in [3.63, 3.8) is 0 Å². The van der Waals surface area contributed by atoms with Crippen LogP contribution < -0.4 is 37.2 Å². The van der Waals surface area contributed by atoms with Crippen LogP contribution in [0.5, 0.6) is 0 Å². The zero-order valence-corrected chi connectivity index (χ0v) is 31.2. The Hall–Kier alpha value is -6.00. The van der Waals surface area contributed by atoms with Crippen molar-refractivity contribution in [1.29, 1.82) is 0 Å². The van der Waals surface area contributed by atoms with Gasteiger partial charge in [0.25, 0.3) is 0 Å². The number of benzene rings is 2. The number of nitrogens with one attached hydrogen (secondary N) is 5. The fourth-order valence-electron chi connectivity index (χ4n) is 5.34. The minimum absolute atomic E-state index is 0.0110. The maximum Gasteiger partial charge on any atom is 0.327 e. The van der Waals surface area contributed by atoms with Gasteiger partial charge in [-0.1, -0.05) is 77.9 Å². The molecule has 17 heteroatoms. The molecule has 5 atom stereocenters. The van der Waals surface area contributed by atoms with Gasteiger partial charge in [0, 0.05) is 0 Å². The maximum absolute atomic E-state index is 13.8. The number of nitrogens with two attached hydrogens (primary N) is 1. The topological polar surface area (TPSA) is 266 Å². The van der Waals surface area contributed by atoms with E-state index in [1.807, 2.05) is 0 Å². The van der Waals surface area contributed by atoms with E-state index in [2.05, 4.69) is 26.6 Å². The van der Waals surface area contributed by atoms with Gasteiger partial charge < -0.3 is 42.5 Å². The Morgan fingerprint density at radius 1 is 0.574 bits per heavy atom. The van der Waals surface area contributed by atoms with Gasteiger partial charge in [-0.25, -0.2) is 9.59 Å². The summed E-state index contributed by atoms with van der Waals surface area (Å²) in [5.74, 6) is -9.07. The lowest BCUT2D eigenvalue weighted by molar-refractivity contribution is -0.144. The smallest absolute Gasteiger partial charge is 0.327 e. The third-order valence-electron chi connectivity index (χ3n) is 8.08. The van der Waals surface area contributed by atoms with E-state index in [4.69, 9.17) is 5.73 Å². The van der Waals surface area contributed by atoms with Crippen LogP contribution >= 0.6 is 0 Å². The minimum Gasteiger partial charge on any atom is -0.481 e. The van der Waals surface area contributed by atoms with Gasteiger partial charge in [-0.3, -0.25) is 33.7 Å². The predicted octanol–water partition coefficient (Wildman–Crippen LogP) is 1.63. The molecule has 0 saturated heterocycles. The summed E-state index contributed by atoms with van der Waals surface area (Å²) in [7, 11) is 0. The van der Waals surface area contributed by atoms with Crippen molar-refractivity contribution >= 4 is 58.9 Å². The standard InChI is InChI=1S/C37H51N7O10/c1-20(2)17-27(36(52)53)41-33(49)26(19-29(46)47)39-32(48)25(18-28(38)45)40-34(50)30(21(3)4)42-35(51)31(22(5)6)43-37(54)44(23-13-9-7-10-14-23)24-15-11-8-12-16-24/h7-16,20-22,25-27,30-31H,17-19H2,1-6H3,(H2,38,45)(H,39,48)(H,40,50)(H,41,49)(H,42,51)(H,43,54)(H,46,47)(H,52,53)/t25-,26-,27-,30-,31-/m0/s1. The molecule has 0 radical (unpaired) electrons. The number of anilines is 2. The lowest BCUT2D eigenvalue weighted by Gasteiger charge is -2.30. The van der Waals surface area contributed by atoms with Crippen LogP contribution in [0.1, 0.15) is 60.8 Å². The summed E-state index contributed by atoms with van der Waals surface area (Å²) in [5, 5.41) is 31.0. The molecule has 7 amide bonds. The van der Waals surface area contributed by atoms with Gasteiger partial charge in [0.1, 0.15) is 30.2 Å². The molecule has 0 aromatic heterocycles. The number of carbonyl (C=O) groups is 8. The van der Waals surface area contributed by atoms with Crippen molar-refractivity contribution < 1.29 is 48.6 Å². The Bertz CT molecular complexity index is 1600. The first kappa shape index (κ1) is 44.2. The summed E-state index contributed by atoms with van der Waals surface area (Å²) in [6.07, 6.45) is -1.72. The van der Waals surface area contributed by atoms with E-state index in [1.165, 1.54) is 4.90 Å². The number of para-hydroxylation sites is 2. The highest BCUT2D eigenvalue weighted by atomic mass is 16.4. The van der Waals surface area contributed by atoms with Crippen LogP contribution in [0.25, 0.3) is 0 Å². The van der Waals surface area contributed by atoms with Crippen LogP contribution in [0.2, 0.25) is 0 Å². The Morgan fingerprint density at radius 2 is 0.981 bits per heavy atom. The molecule has 9 N–H and O–H groups in total. The minimum atomic E-state index is -1.79. The first-order valence-electron chi connectivity index (χ1n) is 17.5. The number of urea groups is 1. The average molecular weight is 754 g/mol. The van der Waals surface area contributed by atoms with Gasteiger partial charge in [-0.2, -0.15) is 0 Å². The molecule has 294 valence electrons. The van der Waals surface area contributed by atoms with E-state index in [-0.39, 0.29) is 12.3 Å². The molecule has 2 aromatic rings. The molecule has 0 saturated carbocycles. The van der Waals surface area contributed by atoms with Crippen LogP contribution in [0.4, 0.5) is 16.2 Å². The van der Waals surface area contributed by atoms with E-state index in [0.29, 0.717) is 11.4 Å². The number of hydrogen-bond donors (Lipinski definition) is 8. The largest absolute Gasteiger partial charge is 0.481 e. The number of carboxylic acid groups (broad SMARTS) is 2. The van der Waals surface area contributed by atoms with Gasteiger partial charge >= 0.3 is 18.0 Å². The molecule has 2 aromatic carbocycles. The summed E-state index contributed by atoms with van der Waals surface area (Å²) < 4.78 is 0. The number of carboxylic acids is 2. The average Bonchev–Trinajstić information content (AvgIpc) is 3.08. The van der Waals surface area contributed by atoms with E-state index in [9.17, 15) is 48.6 Å². The number of aliphatic carboxylic acids is 2. The zero-order valence-electron chi connectivity index (χ0n) is 31.2. The van der Waals surface area contributed by atoms with Crippen LogP contribution in [0.15, 0.2) is 60.7 Å². The van der Waals surface area contributed by atoms with E-state index in [1.54, 1.807) is 102 Å². The van der Waals surface area contributed by atoms with Crippen molar-refractivity contribution in [2.45, 2.75) is 91.0 Å². The van der Waals surface area contributed by atoms with Gasteiger partial charge in [0.15, 0.2) is 0 Å². The van der Waals surface area contributed by atoms with Crippen molar-refractivity contribution in [1.82, 2.24) is 26.6 Å². The lowest BCUT2D eigenvalue weighted by atomic mass is 9.99. The van der Waals surface area contributed by atoms with Gasteiger partial charge in [-0.15, -0.1) is 0 Å².